The maximum atomic E-state index is 7.85. The zero-order valence-corrected chi connectivity index (χ0v) is 8.43. The van der Waals surface area contributed by atoms with Crippen LogP contribution >= 0.6 is 0 Å². The number of hydrogen-bond acceptors (Lipinski definition) is 1. The van der Waals surface area contributed by atoms with Crippen LogP contribution in [0.25, 0.3) is 0 Å². The van der Waals surface area contributed by atoms with Gasteiger partial charge in [0.05, 0.1) is 5.84 Å². The van der Waals surface area contributed by atoms with E-state index < -0.39 is 0 Å². The molecular formula is C10H20N2. The van der Waals surface area contributed by atoms with Crippen LogP contribution in [-0.4, -0.2) is 23.8 Å². The maximum Gasteiger partial charge on any atom is 0.0983 e. The Hall–Kier alpha value is -0.530. The molecule has 12 heavy (non-hydrogen) atoms. The van der Waals surface area contributed by atoms with Crippen molar-refractivity contribution in [1.29, 1.82) is 5.41 Å². The van der Waals surface area contributed by atoms with E-state index >= 15 is 0 Å². The van der Waals surface area contributed by atoms with Crippen molar-refractivity contribution in [1.82, 2.24) is 4.90 Å². The predicted octanol–water partition coefficient (Wildman–Crippen LogP) is 2.35. The second-order valence-electron chi connectivity index (χ2n) is 4.02. The summed E-state index contributed by atoms with van der Waals surface area (Å²) >= 11 is 0. The van der Waals surface area contributed by atoms with Crippen molar-refractivity contribution < 1.29 is 0 Å². The van der Waals surface area contributed by atoms with Crippen LogP contribution < -0.4 is 0 Å². The average molecular weight is 168 g/mol. The van der Waals surface area contributed by atoms with Crippen molar-refractivity contribution in [2.45, 2.75) is 33.6 Å². The molecule has 0 aromatic rings. The third-order valence-electron chi connectivity index (χ3n) is 2.44. The molecule has 1 fully saturated rings. The summed E-state index contributed by atoms with van der Waals surface area (Å²) in [6.07, 6.45) is 2.75. The summed E-state index contributed by atoms with van der Waals surface area (Å²) in [7, 11) is 0. The van der Waals surface area contributed by atoms with Crippen molar-refractivity contribution in [3.63, 3.8) is 0 Å². The molecule has 0 amide bonds. The van der Waals surface area contributed by atoms with Crippen molar-refractivity contribution in [3.05, 3.63) is 0 Å². The predicted molar refractivity (Wildman–Crippen MR) is 52.5 cm³/mol. The van der Waals surface area contributed by atoms with Gasteiger partial charge in [-0.15, -0.1) is 0 Å². The highest BCUT2D eigenvalue weighted by Gasteiger charge is 2.25. The fourth-order valence-electron chi connectivity index (χ4n) is 1.38. The number of nitrogens with one attached hydrogen (secondary N) is 1. The Labute approximate surface area is 75.5 Å². The minimum Gasteiger partial charge on any atom is -0.360 e. The molecule has 0 bridgehead atoms. The van der Waals surface area contributed by atoms with Crippen molar-refractivity contribution >= 4 is 5.84 Å². The molecule has 70 valence electrons. The lowest BCUT2D eigenvalue weighted by Gasteiger charge is -2.25. The van der Waals surface area contributed by atoms with Crippen LogP contribution in [0.1, 0.15) is 33.6 Å². The highest BCUT2D eigenvalue weighted by atomic mass is 15.2. The molecule has 0 saturated heterocycles. The Morgan fingerprint density at radius 3 is 2.42 bits per heavy atom. The molecule has 0 aromatic heterocycles. The summed E-state index contributed by atoms with van der Waals surface area (Å²) < 4.78 is 0. The molecule has 0 atom stereocenters. The molecule has 0 heterocycles. The molecule has 1 N–H and O–H groups in total. The van der Waals surface area contributed by atoms with E-state index in [-0.39, 0.29) is 0 Å². The Morgan fingerprint density at radius 2 is 2.08 bits per heavy atom. The first-order valence-electron chi connectivity index (χ1n) is 4.98. The quantitative estimate of drug-likeness (QED) is 0.506. The lowest BCUT2D eigenvalue weighted by molar-refractivity contribution is 0.397. The van der Waals surface area contributed by atoms with Gasteiger partial charge in [-0.3, -0.25) is 5.41 Å². The largest absolute Gasteiger partial charge is 0.360 e. The fourth-order valence-corrected chi connectivity index (χ4v) is 1.38. The topological polar surface area (TPSA) is 27.1 Å². The lowest BCUT2D eigenvalue weighted by atomic mass is 10.1. The summed E-state index contributed by atoms with van der Waals surface area (Å²) in [5, 5.41) is 7.85. The van der Waals surface area contributed by atoms with Gasteiger partial charge in [-0.2, -0.15) is 0 Å². The first-order chi connectivity index (χ1) is 5.65. The normalized spacial score (nSPS) is 16.7. The zero-order valence-electron chi connectivity index (χ0n) is 8.43. The van der Waals surface area contributed by atoms with Crippen molar-refractivity contribution in [2.24, 2.45) is 11.8 Å². The molecule has 1 aliphatic rings. The Balaban J connectivity index is 2.36. The Bertz CT molecular complexity index is 159. The van der Waals surface area contributed by atoms with Gasteiger partial charge in [0.1, 0.15) is 0 Å². The van der Waals surface area contributed by atoms with Crippen LogP contribution in [0.4, 0.5) is 0 Å². The van der Waals surface area contributed by atoms with Gasteiger partial charge < -0.3 is 4.90 Å². The first kappa shape index (κ1) is 9.56. The summed E-state index contributed by atoms with van der Waals surface area (Å²) in [6, 6.07) is 0. The molecule has 1 rings (SSSR count). The SMILES string of the molecule is CCN(CC1CC1)C(=N)C(C)C. The summed E-state index contributed by atoms with van der Waals surface area (Å²) in [5.41, 5.74) is 0. The highest BCUT2D eigenvalue weighted by Crippen LogP contribution is 2.29. The van der Waals surface area contributed by atoms with E-state index in [0.717, 1.165) is 24.8 Å². The summed E-state index contributed by atoms with van der Waals surface area (Å²) in [4.78, 5) is 2.21. The van der Waals surface area contributed by atoms with Crippen LogP contribution in [0.3, 0.4) is 0 Å². The van der Waals surface area contributed by atoms with Gasteiger partial charge in [-0.05, 0) is 25.7 Å². The molecule has 2 heteroatoms. The van der Waals surface area contributed by atoms with Gasteiger partial charge in [-0.25, -0.2) is 0 Å². The van der Waals surface area contributed by atoms with Crippen LogP contribution in [0.15, 0.2) is 0 Å². The smallest absolute Gasteiger partial charge is 0.0983 e. The van der Waals surface area contributed by atoms with Gasteiger partial charge in [0, 0.05) is 19.0 Å². The lowest BCUT2D eigenvalue weighted by Crippen LogP contribution is -2.35. The van der Waals surface area contributed by atoms with Gasteiger partial charge in [0.2, 0.25) is 0 Å². The molecule has 2 nitrogen and oxygen atoms in total. The Kier molecular flexibility index (Phi) is 3.12. The molecule has 0 spiro atoms. The Morgan fingerprint density at radius 1 is 1.50 bits per heavy atom. The van der Waals surface area contributed by atoms with E-state index in [2.05, 4.69) is 25.7 Å². The first-order valence-corrected chi connectivity index (χ1v) is 4.98. The zero-order chi connectivity index (χ0) is 9.14. The second kappa shape index (κ2) is 3.92. The summed E-state index contributed by atoms with van der Waals surface area (Å²) in [5.74, 6) is 2.08. The molecule has 0 radical (unpaired) electrons. The number of amidine groups is 1. The average Bonchev–Trinajstić information content (AvgIpc) is 2.82. The molecular weight excluding hydrogens is 148 g/mol. The third kappa shape index (κ3) is 2.50. The highest BCUT2D eigenvalue weighted by molar-refractivity contribution is 5.80. The minimum absolute atomic E-state index is 0.378. The number of hydrogen-bond donors (Lipinski definition) is 1. The van der Waals surface area contributed by atoms with E-state index in [0.29, 0.717) is 5.92 Å². The molecule has 0 unspecified atom stereocenters. The molecule has 1 aliphatic carbocycles. The van der Waals surface area contributed by atoms with E-state index in [1.165, 1.54) is 12.8 Å². The maximum absolute atomic E-state index is 7.85. The fraction of sp³-hybridized carbons (Fsp3) is 0.900. The van der Waals surface area contributed by atoms with Crippen LogP contribution in [0.5, 0.6) is 0 Å². The van der Waals surface area contributed by atoms with Crippen LogP contribution in [0, 0.1) is 17.2 Å². The number of nitrogens with zero attached hydrogens (tertiary/aromatic N) is 1. The van der Waals surface area contributed by atoms with Crippen LogP contribution in [-0.2, 0) is 0 Å². The molecule has 0 aliphatic heterocycles. The molecule has 0 aromatic carbocycles. The van der Waals surface area contributed by atoms with Crippen molar-refractivity contribution in [3.8, 4) is 0 Å². The van der Waals surface area contributed by atoms with E-state index in [4.69, 9.17) is 5.41 Å². The molecule has 1 saturated carbocycles. The van der Waals surface area contributed by atoms with Gasteiger partial charge in [-0.1, -0.05) is 13.8 Å². The third-order valence-corrected chi connectivity index (χ3v) is 2.44. The van der Waals surface area contributed by atoms with Crippen LogP contribution in [0.2, 0.25) is 0 Å². The number of rotatable bonds is 4. The second-order valence-corrected chi connectivity index (χ2v) is 4.02. The van der Waals surface area contributed by atoms with E-state index in [9.17, 15) is 0 Å². The van der Waals surface area contributed by atoms with E-state index in [1.807, 2.05) is 0 Å². The van der Waals surface area contributed by atoms with Gasteiger partial charge in [0.25, 0.3) is 0 Å². The van der Waals surface area contributed by atoms with E-state index in [1.54, 1.807) is 0 Å². The standard InChI is InChI=1S/C10H20N2/c1-4-12(7-9-5-6-9)10(11)8(2)3/h8-9,11H,4-7H2,1-3H3. The summed E-state index contributed by atoms with van der Waals surface area (Å²) in [6.45, 7) is 8.44. The monoisotopic (exact) mass is 168 g/mol. The van der Waals surface area contributed by atoms with Gasteiger partial charge in [0.15, 0.2) is 0 Å². The van der Waals surface area contributed by atoms with Gasteiger partial charge >= 0.3 is 0 Å². The minimum atomic E-state index is 0.378. The van der Waals surface area contributed by atoms with Crippen molar-refractivity contribution in [2.75, 3.05) is 13.1 Å².